The van der Waals surface area contributed by atoms with Gasteiger partial charge in [-0.2, -0.15) is 0 Å². The molecule has 1 saturated carbocycles. The van der Waals surface area contributed by atoms with Crippen LogP contribution < -0.4 is 5.73 Å². The van der Waals surface area contributed by atoms with Crippen molar-refractivity contribution in [3.05, 3.63) is 29.6 Å². The summed E-state index contributed by atoms with van der Waals surface area (Å²) in [4.78, 5) is 18.0. The molecule has 0 unspecified atom stereocenters. The van der Waals surface area contributed by atoms with E-state index in [0.717, 1.165) is 18.4 Å². The highest BCUT2D eigenvalue weighted by molar-refractivity contribution is 5.92. The van der Waals surface area contributed by atoms with Gasteiger partial charge in [-0.25, -0.2) is 0 Å². The molecule has 0 bridgehead atoms. The first-order chi connectivity index (χ1) is 7.72. The number of carbonyl (C=O) groups is 1. The third-order valence-corrected chi connectivity index (χ3v) is 3.22. The van der Waals surface area contributed by atoms with E-state index in [1.807, 2.05) is 13.1 Å². The maximum absolute atomic E-state index is 12.1. The summed E-state index contributed by atoms with van der Waals surface area (Å²) in [6.07, 6.45) is 5.08. The molecule has 1 amide bonds. The van der Waals surface area contributed by atoms with Gasteiger partial charge in [-0.1, -0.05) is 0 Å². The van der Waals surface area contributed by atoms with Crippen molar-refractivity contribution in [1.82, 2.24) is 9.88 Å². The summed E-state index contributed by atoms with van der Waals surface area (Å²) in [5.41, 5.74) is 6.98. The molecule has 1 aliphatic rings. The summed E-state index contributed by atoms with van der Waals surface area (Å²) in [6, 6.07) is 4.01. The third kappa shape index (κ3) is 2.07. The molecule has 0 aromatic carbocycles. The number of pyridine rings is 1. The minimum absolute atomic E-state index is 0. The number of hydrogen-bond donors (Lipinski definition) is 1. The Kier molecular flexibility index (Phi) is 3.19. The van der Waals surface area contributed by atoms with Crippen LogP contribution in [-0.4, -0.2) is 28.9 Å². The highest BCUT2D eigenvalue weighted by atomic mass is 16.2. The minimum atomic E-state index is 0. The summed E-state index contributed by atoms with van der Waals surface area (Å²) in [7, 11) is 1.85. The Morgan fingerprint density at radius 2 is 2.38 bits per heavy atom. The van der Waals surface area contributed by atoms with Crippen LogP contribution in [0.15, 0.2) is 18.3 Å². The third-order valence-electron chi connectivity index (χ3n) is 3.22. The fourth-order valence-electron chi connectivity index (χ4n) is 1.84. The van der Waals surface area contributed by atoms with Gasteiger partial charge < -0.3 is 10.6 Å². The van der Waals surface area contributed by atoms with E-state index in [1.54, 1.807) is 17.2 Å². The number of aromatic nitrogens is 1. The summed E-state index contributed by atoms with van der Waals surface area (Å²) < 4.78 is 0. The predicted molar refractivity (Wildman–Crippen MR) is 61.9 cm³/mol. The van der Waals surface area contributed by atoms with Crippen molar-refractivity contribution >= 4 is 5.91 Å². The molecule has 4 nitrogen and oxygen atoms in total. The monoisotopic (exact) mass is 219 g/mol. The number of carbonyl (C=O) groups excluding carboxylic acids is 1. The zero-order valence-corrected chi connectivity index (χ0v) is 9.52. The molecular formula is C12H17N3O. The van der Waals surface area contributed by atoms with Crippen molar-refractivity contribution in [2.45, 2.75) is 31.8 Å². The van der Waals surface area contributed by atoms with Gasteiger partial charge in [0.1, 0.15) is 5.69 Å². The molecule has 0 aliphatic heterocycles. The maximum Gasteiger partial charge on any atom is 0.272 e. The van der Waals surface area contributed by atoms with Crippen molar-refractivity contribution in [1.29, 1.82) is 0 Å². The van der Waals surface area contributed by atoms with Gasteiger partial charge in [0.25, 0.3) is 5.91 Å². The fourth-order valence-corrected chi connectivity index (χ4v) is 1.84. The van der Waals surface area contributed by atoms with Gasteiger partial charge in [0, 0.05) is 25.8 Å². The first kappa shape index (κ1) is 11.1. The van der Waals surface area contributed by atoms with Crippen molar-refractivity contribution in [3.8, 4) is 0 Å². The zero-order valence-electron chi connectivity index (χ0n) is 9.52. The van der Waals surface area contributed by atoms with Gasteiger partial charge in [0.2, 0.25) is 0 Å². The lowest BCUT2D eigenvalue weighted by Gasteiger charge is -2.34. The molecule has 2 rings (SSSR count). The second kappa shape index (κ2) is 4.61. The fraction of sp³-hybridized carbons (Fsp3) is 0.500. The SMILES string of the molecule is CN(C(=O)c1cc(CN)ccn1)C1CCC1. The number of nitrogens with zero attached hydrogens (tertiary/aromatic N) is 2. The Morgan fingerprint density at radius 3 is 2.94 bits per heavy atom. The maximum atomic E-state index is 12.1. The second-order valence-corrected chi connectivity index (χ2v) is 4.25. The zero-order chi connectivity index (χ0) is 11.5. The second-order valence-electron chi connectivity index (χ2n) is 4.25. The molecule has 86 valence electrons. The van der Waals surface area contributed by atoms with Crippen molar-refractivity contribution in [3.63, 3.8) is 0 Å². The molecule has 1 aliphatic carbocycles. The molecule has 2 N–H and O–H groups in total. The lowest BCUT2D eigenvalue weighted by Crippen LogP contribution is -2.41. The van der Waals surface area contributed by atoms with Crippen LogP contribution in [0, 0.1) is 0 Å². The molecule has 4 heteroatoms. The largest absolute Gasteiger partial charge is 0.337 e. The van der Waals surface area contributed by atoms with E-state index in [-0.39, 0.29) is 5.91 Å². The van der Waals surface area contributed by atoms with Crippen LogP contribution in [0.5, 0.6) is 0 Å². The van der Waals surface area contributed by atoms with Crippen LogP contribution in [0.3, 0.4) is 0 Å². The lowest BCUT2D eigenvalue weighted by atomic mass is 9.91. The normalized spacial score (nSPS) is 15.6. The Labute approximate surface area is 95.5 Å². The highest BCUT2D eigenvalue weighted by Crippen LogP contribution is 2.24. The van der Waals surface area contributed by atoms with Gasteiger partial charge in [-0.05, 0) is 37.0 Å². The number of nitrogens with two attached hydrogens (primary N) is 1. The lowest BCUT2D eigenvalue weighted by molar-refractivity contribution is 0.0646. The van der Waals surface area contributed by atoms with Crippen LogP contribution in [0.2, 0.25) is 0 Å². The van der Waals surface area contributed by atoms with E-state index in [4.69, 9.17) is 5.73 Å². The molecular weight excluding hydrogens is 202 g/mol. The van der Waals surface area contributed by atoms with E-state index in [2.05, 4.69) is 4.98 Å². The molecule has 1 heterocycles. The Hall–Kier alpha value is -1.42. The van der Waals surface area contributed by atoms with Crippen molar-refractivity contribution in [2.75, 3.05) is 7.05 Å². The van der Waals surface area contributed by atoms with Gasteiger partial charge in [0.15, 0.2) is 0 Å². The van der Waals surface area contributed by atoms with Gasteiger partial charge in [0.05, 0.1) is 0 Å². The van der Waals surface area contributed by atoms with Gasteiger partial charge in [-0.3, -0.25) is 9.78 Å². The summed E-state index contributed by atoms with van der Waals surface area (Å²) in [6.45, 7) is 0.440. The number of amides is 1. The van der Waals surface area contributed by atoms with E-state index < -0.39 is 0 Å². The van der Waals surface area contributed by atoms with Crippen LogP contribution >= 0.6 is 0 Å². The molecule has 0 spiro atoms. The molecule has 1 aromatic rings. The average molecular weight is 219 g/mol. The molecule has 0 saturated heterocycles. The van der Waals surface area contributed by atoms with E-state index >= 15 is 0 Å². The van der Waals surface area contributed by atoms with Gasteiger partial charge in [-0.15, -0.1) is 0 Å². The first-order valence-corrected chi connectivity index (χ1v) is 5.64. The first-order valence-electron chi connectivity index (χ1n) is 5.64. The Bertz CT molecular complexity index is 388. The van der Waals surface area contributed by atoms with E-state index in [0.29, 0.717) is 18.3 Å². The summed E-state index contributed by atoms with van der Waals surface area (Å²) in [5.74, 6) is 0. The minimum Gasteiger partial charge on any atom is -0.337 e. The predicted octanol–water partition coefficient (Wildman–Crippen LogP) is 1.16. The molecule has 1 fully saturated rings. The van der Waals surface area contributed by atoms with Crippen LogP contribution in [-0.2, 0) is 6.54 Å². The van der Waals surface area contributed by atoms with Crippen LogP contribution in [0.4, 0.5) is 0 Å². The van der Waals surface area contributed by atoms with E-state index in [9.17, 15) is 4.79 Å². The molecule has 1 aromatic heterocycles. The van der Waals surface area contributed by atoms with Crippen LogP contribution in [0.25, 0.3) is 0 Å². The van der Waals surface area contributed by atoms with E-state index in [1.165, 1.54) is 6.42 Å². The van der Waals surface area contributed by atoms with Crippen molar-refractivity contribution in [2.24, 2.45) is 5.73 Å². The highest BCUT2D eigenvalue weighted by Gasteiger charge is 2.26. The van der Waals surface area contributed by atoms with Gasteiger partial charge >= 0.3 is 0 Å². The number of rotatable bonds is 3. The standard InChI is InChI=1S/C12H17N3O/c1-15(10-3-2-4-10)12(16)11-7-9(8-13)5-6-14-11/h5-7,10H,2-4,8,13H2,1H3. The Balaban J connectivity index is 2.12. The molecule has 16 heavy (non-hydrogen) atoms. The quantitative estimate of drug-likeness (QED) is 0.830. The number of hydrogen-bond acceptors (Lipinski definition) is 3. The summed E-state index contributed by atoms with van der Waals surface area (Å²) in [5, 5.41) is 0. The molecule has 0 atom stereocenters. The smallest absolute Gasteiger partial charge is 0.272 e. The van der Waals surface area contributed by atoms with Crippen LogP contribution in [0.1, 0.15) is 35.3 Å². The van der Waals surface area contributed by atoms with Crippen molar-refractivity contribution < 1.29 is 4.79 Å². The Morgan fingerprint density at radius 1 is 1.62 bits per heavy atom. The molecule has 0 radical (unpaired) electrons. The topological polar surface area (TPSA) is 59.2 Å². The summed E-state index contributed by atoms with van der Waals surface area (Å²) >= 11 is 0. The average Bonchev–Trinajstić information content (AvgIpc) is 2.25.